The lowest BCUT2D eigenvalue weighted by atomic mass is 10.0. The second kappa shape index (κ2) is 7.45. The molecule has 0 fully saturated rings. The largest absolute Gasteiger partial charge is 0.347 e. The zero-order chi connectivity index (χ0) is 17.0. The van der Waals surface area contributed by atoms with Gasteiger partial charge in [-0.15, -0.1) is 0 Å². The highest BCUT2D eigenvalue weighted by Gasteiger charge is 2.10. The lowest BCUT2D eigenvalue weighted by molar-refractivity contribution is 0.849. The average molecular weight is 309 g/mol. The topological polar surface area (TPSA) is 22.0 Å². The van der Waals surface area contributed by atoms with Crippen molar-refractivity contribution >= 4 is 10.9 Å². The maximum atomic E-state index is 12.6. The van der Waals surface area contributed by atoms with Gasteiger partial charge < -0.3 is 4.57 Å². The van der Waals surface area contributed by atoms with Gasteiger partial charge in [0.25, 0.3) is 0 Å². The number of nitrogens with zero attached hydrogens (tertiary/aromatic N) is 1. The predicted molar refractivity (Wildman–Crippen MR) is 100 cm³/mol. The van der Waals surface area contributed by atoms with Crippen molar-refractivity contribution < 1.29 is 0 Å². The molecule has 0 atom stereocenters. The maximum absolute atomic E-state index is 12.6. The number of benzene rings is 1. The normalized spacial score (nSPS) is 11.8. The van der Waals surface area contributed by atoms with Gasteiger partial charge in [0.05, 0.1) is 5.52 Å². The summed E-state index contributed by atoms with van der Waals surface area (Å²) >= 11 is 0. The van der Waals surface area contributed by atoms with Gasteiger partial charge in [0, 0.05) is 30.1 Å². The van der Waals surface area contributed by atoms with Gasteiger partial charge >= 0.3 is 0 Å². The fourth-order valence-corrected chi connectivity index (χ4v) is 2.94. The van der Waals surface area contributed by atoms with Gasteiger partial charge in [0.2, 0.25) is 0 Å². The van der Waals surface area contributed by atoms with Crippen LogP contribution in [0.1, 0.15) is 44.9 Å². The van der Waals surface area contributed by atoms with E-state index in [1.54, 1.807) is 0 Å². The van der Waals surface area contributed by atoms with Crippen molar-refractivity contribution in [1.29, 1.82) is 0 Å². The summed E-state index contributed by atoms with van der Waals surface area (Å²) in [5.41, 5.74) is 5.88. The number of hydrogen-bond donors (Lipinski definition) is 0. The van der Waals surface area contributed by atoms with Crippen molar-refractivity contribution in [2.24, 2.45) is 7.05 Å². The molecule has 0 saturated heterocycles. The first-order valence-corrected chi connectivity index (χ1v) is 8.28. The van der Waals surface area contributed by atoms with Gasteiger partial charge in [-0.1, -0.05) is 35.4 Å². The molecule has 0 radical (unpaired) electrons. The van der Waals surface area contributed by atoms with E-state index in [1.807, 2.05) is 31.2 Å². The molecule has 0 saturated carbocycles. The number of allylic oxidation sites excluding steroid dienone is 4. The van der Waals surface area contributed by atoms with E-state index in [-0.39, 0.29) is 5.43 Å². The molecule has 1 aromatic carbocycles. The average Bonchev–Trinajstić information content (AvgIpc) is 2.52. The third-order valence-corrected chi connectivity index (χ3v) is 4.42. The minimum Gasteiger partial charge on any atom is -0.347 e. The standard InChI is InChI=1S/C21H27NO/c1-15(2)9-8-10-16(3)13-14-19-17(4)21(23)18-11-6-7-12-20(18)22(19)5/h6-7,9,11-13H,8,10,14H2,1-5H3/b16-13+. The summed E-state index contributed by atoms with van der Waals surface area (Å²) < 4.78 is 2.16. The van der Waals surface area contributed by atoms with Crippen LogP contribution in [0, 0.1) is 6.92 Å². The van der Waals surface area contributed by atoms with E-state index in [0.29, 0.717) is 0 Å². The summed E-state index contributed by atoms with van der Waals surface area (Å²) in [4.78, 5) is 12.6. The third kappa shape index (κ3) is 4.01. The van der Waals surface area contributed by atoms with Crippen LogP contribution in [-0.2, 0) is 13.5 Å². The zero-order valence-corrected chi connectivity index (χ0v) is 14.9. The van der Waals surface area contributed by atoms with E-state index in [2.05, 4.69) is 44.5 Å². The Hall–Kier alpha value is -2.09. The van der Waals surface area contributed by atoms with Crippen LogP contribution < -0.4 is 5.43 Å². The number of fused-ring (bicyclic) bond motifs is 1. The van der Waals surface area contributed by atoms with E-state index in [4.69, 9.17) is 0 Å². The summed E-state index contributed by atoms with van der Waals surface area (Å²) in [5, 5.41) is 0.806. The van der Waals surface area contributed by atoms with E-state index in [1.165, 1.54) is 11.1 Å². The Morgan fingerprint density at radius 2 is 1.83 bits per heavy atom. The van der Waals surface area contributed by atoms with Crippen molar-refractivity contribution in [3.05, 3.63) is 69.0 Å². The quantitative estimate of drug-likeness (QED) is 0.706. The fourth-order valence-electron chi connectivity index (χ4n) is 2.94. The van der Waals surface area contributed by atoms with Crippen LogP contribution in [0.3, 0.4) is 0 Å². The Bertz CT molecular complexity index is 818. The lowest BCUT2D eigenvalue weighted by Crippen LogP contribution is -2.16. The highest BCUT2D eigenvalue weighted by molar-refractivity contribution is 5.80. The van der Waals surface area contributed by atoms with Crippen molar-refractivity contribution in [2.45, 2.75) is 47.0 Å². The summed E-state index contributed by atoms with van der Waals surface area (Å²) in [6, 6.07) is 7.84. The summed E-state index contributed by atoms with van der Waals surface area (Å²) in [6.07, 6.45) is 7.50. The molecule has 122 valence electrons. The van der Waals surface area contributed by atoms with Gasteiger partial charge in [0.1, 0.15) is 0 Å². The number of aryl methyl sites for hydroxylation is 1. The van der Waals surface area contributed by atoms with Crippen LogP contribution in [0.15, 0.2) is 52.4 Å². The van der Waals surface area contributed by atoms with Gasteiger partial charge in [-0.25, -0.2) is 0 Å². The zero-order valence-electron chi connectivity index (χ0n) is 14.9. The van der Waals surface area contributed by atoms with Crippen molar-refractivity contribution in [1.82, 2.24) is 4.57 Å². The van der Waals surface area contributed by atoms with Crippen LogP contribution in [0.5, 0.6) is 0 Å². The van der Waals surface area contributed by atoms with E-state index >= 15 is 0 Å². The monoisotopic (exact) mass is 309 g/mol. The second-order valence-corrected chi connectivity index (χ2v) is 6.55. The number of aromatic nitrogens is 1. The minimum atomic E-state index is 0.157. The molecule has 1 aromatic heterocycles. The molecule has 0 unspecified atom stereocenters. The van der Waals surface area contributed by atoms with Gasteiger partial charge in [-0.3, -0.25) is 4.79 Å². The van der Waals surface area contributed by atoms with Crippen molar-refractivity contribution in [3.8, 4) is 0 Å². The Balaban J connectivity index is 2.30. The number of pyridine rings is 1. The molecule has 2 nitrogen and oxygen atoms in total. The van der Waals surface area contributed by atoms with Gasteiger partial charge in [-0.2, -0.15) is 0 Å². The number of para-hydroxylation sites is 1. The Kier molecular flexibility index (Phi) is 5.59. The Morgan fingerprint density at radius 3 is 2.52 bits per heavy atom. The minimum absolute atomic E-state index is 0.157. The molecule has 0 bridgehead atoms. The molecule has 0 aliphatic heterocycles. The van der Waals surface area contributed by atoms with Crippen molar-refractivity contribution in [3.63, 3.8) is 0 Å². The van der Waals surface area contributed by atoms with Crippen molar-refractivity contribution in [2.75, 3.05) is 0 Å². The lowest BCUT2D eigenvalue weighted by Gasteiger charge is -2.14. The molecular formula is C21H27NO. The molecule has 2 aromatic rings. The second-order valence-electron chi connectivity index (χ2n) is 6.55. The molecular weight excluding hydrogens is 282 g/mol. The molecule has 0 amide bonds. The van der Waals surface area contributed by atoms with Gasteiger partial charge in [-0.05, 0) is 52.7 Å². The van der Waals surface area contributed by atoms with Crippen LogP contribution in [0.2, 0.25) is 0 Å². The van der Waals surface area contributed by atoms with E-state index in [0.717, 1.165) is 41.4 Å². The smallest absolute Gasteiger partial charge is 0.192 e. The number of hydrogen-bond acceptors (Lipinski definition) is 1. The van der Waals surface area contributed by atoms with Crippen LogP contribution >= 0.6 is 0 Å². The van der Waals surface area contributed by atoms with Gasteiger partial charge in [0.15, 0.2) is 5.43 Å². The fraction of sp³-hybridized carbons (Fsp3) is 0.381. The van der Waals surface area contributed by atoms with E-state index < -0.39 is 0 Å². The van der Waals surface area contributed by atoms with Crippen LogP contribution in [-0.4, -0.2) is 4.57 Å². The SMILES string of the molecule is CC(C)=CCC/C(C)=C/Cc1c(C)c(=O)c2ccccc2n1C. The maximum Gasteiger partial charge on any atom is 0.192 e. The first-order valence-electron chi connectivity index (χ1n) is 8.28. The Labute approximate surface area is 139 Å². The third-order valence-electron chi connectivity index (χ3n) is 4.42. The summed E-state index contributed by atoms with van der Waals surface area (Å²) in [6.45, 7) is 8.38. The summed E-state index contributed by atoms with van der Waals surface area (Å²) in [5.74, 6) is 0. The molecule has 0 aliphatic rings. The molecule has 1 heterocycles. The molecule has 23 heavy (non-hydrogen) atoms. The van der Waals surface area contributed by atoms with E-state index in [9.17, 15) is 4.79 Å². The Morgan fingerprint density at radius 1 is 1.13 bits per heavy atom. The molecule has 0 aliphatic carbocycles. The van der Waals surface area contributed by atoms with Crippen LogP contribution in [0.25, 0.3) is 10.9 Å². The van der Waals surface area contributed by atoms with Crippen LogP contribution in [0.4, 0.5) is 0 Å². The molecule has 2 heteroatoms. The number of rotatable bonds is 5. The first-order chi connectivity index (χ1) is 10.9. The summed E-state index contributed by atoms with van der Waals surface area (Å²) in [7, 11) is 2.05. The first kappa shape index (κ1) is 17.3. The highest BCUT2D eigenvalue weighted by Crippen LogP contribution is 2.16. The predicted octanol–water partition coefficient (Wildman–Crippen LogP) is 5.08. The highest BCUT2D eigenvalue weighted by atomic mass is 16.1. The molecule has 2 rings (SSSR count). The molecule has 0 spiro atoms. The molecule has 0 N–H and O–H groups in total.